The summed E-state index contributed by atoms with van der Waals surface area (Å²) in [6, 6.07) is 0. The Morgan fingerprint density at radius 3 is 3.22 bits per heavy atom. The molecule has 9 heavy (non-hydrogen) atoms. The van der Waals surface area contributed by atoms with Gasteiger partial charge in [0, 0.05) is 25.2 Å². The van der Waals surface area contributed by atoms with E-state index in [1.807, 2.05) is 19.3 Å². The Morgan fingerprint density at radius 1 is 1.78 bits per heavy atom. The van der Waals surface area contributed by atoms with Gasteiger partial charge in [-0.3, -0.25) is 4.99 Å². The number of nitrogens with zero attached hydrogens (tertiary/aromatic N) is 1. The number of rotatable bonds is 2. The third-order valence-corrected chi connectivity index (χ3v) is 1.38. The number of dihydropyridines is 1. The van der Waals surface area contributed by atoms with E-state index < -0.39 is 0 Å². The topological polar surface area (TPSA) is 24.4 Å². The van der Waals surface area contributed by atoms with Crippen LogP contribution in [0.5, 0.6) is 0 Å². The van der Waals surface area contributed by atoms with E-state index >= 15 is 0 Å². The molecule has 1 N–H and O–H groups in total. The standard InChI is InChI=1S/C7H12N2/c1-8-5-7-3-2-4-9-6-7/h2-4,7-8H,5-6H2,1H3. The zero-order valence-corrected chi connectivity index (χ0v) is 5.67. The van der Waals surface area contributed by atoms with Crippen LogP contribution < -0.4 is 5.32 Å². The molecule has 0 aromatic heterocycles. The molecule has 1 unspecified atom stereocenters. The van der Waals surface area contributed by atoms with Crippen LogP contribution in [0, 0.1) is 5.92 Å². The third kappa shape index (κ3) is 1.98. The van der Waals surface area contributed by atoms with Gasteiger partial charge in [-0.1, -0.05) is 6.08 Å². The van der Waals surface area contributed by atoms with Crippen molar-refractivity contribution in [1.82, 2.24) is 5.32 Å². The van der Waals surface area contributed by atoms with Gasteiger partial charge in [0.2, 0.25) is 0 Å². The molecular formula is C7H12N2. The van der Waals surface area contributed by atoms with Crippen LogP contribution in [0.3, 0.4) is 0 Å². The van der Waals surface area contributed by atoms with E-state index in [-0.39, 0.29) is 0 Å². The van der Waals surface area contributed by atoms with Crippen molar-refractivity contribution in [3.8, 4) is 0 Å². The highest BCUT2D eigenvalue weighted by Crippen LogP contribution is 2.00. The Kier molecular flexibility index (Phi) is 2.46. The summed E-state index contributed by atoms with van der Waals surface area (Å²) in [6.45, 7) is 1.98. The molecule has 1 heterocycles. The number of aliphatic imine (C=N–C) groups is 1. The summed E-state index contributed by atoms with van der Waals surface area (Å²) in [5, 5.41) is 3.11. The Balaban J connectivity index is 2.28. The molecule has 2 heteroatoms. The van der Waals surface area contributed by atoms with Crippen LogP contribution in [-0.2, 0) is 0 Å². The first kappa shape index (κ1) is 6.49. The lowest BCUT2D eigenvalue weighted by atomic mass is 10.1. The largest absolute Gasteiger partial charge is 0.319 e. The summed E-state index contributed by atoms with van der Waals surface area (Å²) in [5.74, 6) is 0.611. The van der Waals surface area contributed by atoms with E-state index in [0.717, 1.165) is 13.1 Å². The van der Waals surface area contributed by atoms with Crippen LogP contribution >= 0.6 is 0 Å². The van der Waals surface area contributed by atoms with Gasteiger partial charge in [0.15, 0.2) is 0 Å². The molecule has 0 fully saturated rings. The highest BCUT2D eigenvalue weighted by Gasteiger charge is 2.02. The van der Waals surface area contributed by atoms with Gasteiger partial charge >= 0.3 is 0 Å². The minimum Gasteiger partial charge on any atom is -0.319 e. The molecule has 1 aliphatic heterocycles. The molecule has 0 bridgehead atoms. The van der Waals surface area contributed by atoms with Crippen molar-refractivity contribution >= 4 is 6.21 Å². The van der Waals surface area contributed by atoms with Crippen LogP contribution in [-0.4, -0.2) is 26.4 Å². The third-order valence-electron chi connectivity index (χ3n) is 1.38. The molecule has 1 rings (SSSR count). The maximum absolute atomic E-state index is 4.13. The lowest BCUT2D eigenvalue weighted by molar-refractivity contribution is 0.606. The molecule has 0 spiro atoms. The molecular weight excluding hydrogens is 112 g/mol. The number of hydrogen-bond donors (Lipinski definition) is 1. The van der Waals surface area contributed by atoms with Gasteiger partial charge in [0.1, 0.15) is 0 Å². The molecule has 0 aliphatic carbocycles. The predicted molar refractivity (Wildman–Crippen MR) is 39.9 cm³/mol. The highest BCUT2D eigenvalue weighted by atomic mass is 14.8. The SMILES string of the molecule is CNCC1C=CC=NC1. The van der Waals surface area contributed by atoms with Crippen LogP contribution in [0.15, 0.2) is 17.1 Å². The van der Waals surface area contributed by atoms with Gasteiger partial charge in [-0.05, 0) is 13.1 Å². The second kappa shape index (κ2) is 3.41. The summed E-state index contributed by atoms with van der Waals surface area (Å²) < 4.78 is 0. The molecule has 0 radical (unpaired) electrons. The van der Waals surface area contributed by atoms with Crippen molar-refractivity contribution in [2.24, 2.45) is 10.9 Å². The normalized spacial score (nSPS) is 24.8. The van der Waals surface area contributed by atoms with Crippen molar-refractivity contribution in [2.45, 2.75) is 0 Å². The fraction of sp³-hybridized carbons (Fsp3) is 0.571. The second-order valence-corrected chi connectivity index (χ2v) is 2.22. The first-order chi connectivity index (χ1) is 4.43. The van der Waals surface area contributed by atoms with Crippen LogP contribution in [0.4, 0.5) is 0 Å². The first-order valence-electron chi connectivity index (χ1n) is 3.24. The Morgan fingerprint density at radius 2 is 2.67 bits per heavy atom. The van der Waals surface area contributed by atoms with Gasteiger partial charge in [0.05, 0.1) is 0 Å². The maximum Gasteiger partial charge on any atom is 0.0464 e. The summed E-state index contributed by atoms with van der Waals surface area (Å²) >= 11 is 0. The maximum atomic E-state index is 4.13. The molecule has 1 aliphatic rings. The van der Waals surface area contributed by atoms with Crippen molar-refractivity contribution in [3.05, 3.63) is 12.2 Å². The molecule has 0 aromatic carbocycles. The van der Waals surface area contributed by atoms with Crippen molar-refractivity contribution in [2.75, 3.05) is 20.1 Å². The lowest BCUT2D eigenvalue weighted by Crippen LogP contribution is -2.20. The molecule has 0 saturated carbocycles. The van der Waals surface area contributed by atoms with E-state index in [1.54, 1.807) is 0 Å². The summed E-state index contributed by atoms with van der Waals surface area (Å²) in [5.41, 5.74) is 0. The molecule has 0 saturated heterocycles. The molecule has 1 atom stereocenters. The second-order valence-electron chi connectivity index (χ2n) is 2.22. The van der Waals surface area contributed by atoms with Crippen molar-refractivity contribution < 1.29 is 0 Å². The smallest absolute Gasteiger partial charge is 0.0464 e. The quantitative estimate of drug-likeness (QED) is 0.568. The first-order valence-corrected chi connectivity index (χ1v) is 3.24. The number of allylic oxidation sites excluding steroid dienone is 1. The van der Waals surface area contributed by atoms with Crippen LogP contribution in [0.25, 0.3) is 0 Å². The average Bonchev–Trinajstić information content (AvgIpc) is 1.91. The minimum atomic E-state index is 0.611. The van der Waals surface area contributed by atoms with E-state index in [1.165, 1.54) is 0 Å². The fourth-order valence-corrected chi connectivity index (χ4v) is 0.920. The molecule has 0 aromatic rings. The molecule has 50 valence electrons. The van der Waals surface area contributed by atoms with E-state index in [2.05, 4.69) is 16.4 Å². The number of nitrogens with one attached hydrogen (secondary N) is 1. The Labute approximate surface area is 55.7 Å². The average molecular weight is 124 g/mol. The van der Waals surface area contributed by atoms with Crippen LogP contribution in [0.1, 0.15) is 0 Å². The summed E-state index contributed by atoms with van der Waals surface area (Å²) in [6.07, 6.45) is 6.04. The highest BCUT2D eigenvalue weighted by molar-refractivity contribution is 5.71. The van der Waals surface area contributed by atoms with Gasteiger partial charge in [0.25, 0.3) is 0 Å². The van der Waals surface area contributed by atoms with Gasteiger partial charge in [-0.2, -0.15) is 0 Å². The Bertz CT molecular complexity index is 127. The zero-order chi connectivity index (χ0) is 6.53. The summed E-state index contributed by atoms with van der Waals surface area (Å²) in [4.78, 5) is 4.13. The lowest BCUT2D eigenvalue weighted by Gasteiger charge is -2.10. The van der Waals surface area contributed by atoms with E-state index in [0.29, 0.717) is 5.92 Å². The van der Waals surface area contributed by atoms with Crippen molar-refractivity contribution in [3.63, 3.8) is 0 Å². The molecule has 0 amide bonds. The monoisotopic (exact) mass is 124 g/mol. The van der Waals surface area contributed by atoms with Gasteiger partial charge in [-0.15, -0.1) is 0 Å². The predicted octanol–water partition coefficient (Wildman–Crippen LogP) is 0.463. The Hall–Kier alpha value is -0.630. The zero-order valence-electron chi connectivity index (χ0n) is 5.67. The minimum absolute atomic E-state index is 0.611. The van der Waals surface area contributed by atoms with E-state index in [4.69, 9.17) is 0 Å². The number of hydrogen-bond acceptors (Lipinski definition) is 2. The van der Waals surface area contributed by atoms with Crippen molar-refractivity contribution in [1.29, 1.82) is 0 Å². The fourth-order valence-electron chi connectivity index (χ4n) is 0.920. The van der Waals surface area contributed by atoms with Gasteiger partial charge in [-0.25, -0.2) is 0 Å². The van der Waals surface area contributed by atoms with Crippen LogP contribution in [0.2, 0.25) is 0 Å². The summed E-state index contributed by atoms with van der Waals surface area (Å²) in [7, 11) is 1.96. The van der Waals surface area contributed by atoms with Gasteiger partial charge < -0.3 is 5.32 Å². The molecule has 2 nitrogen and oxygen atoms in total. The van der Waals surface area contributed by atoms with E-state index in [9.17, 15) is 0 Å².